The van der Waals surface area contributed by atoms with E-state index in [1.807, 2.05) is 0 Å². The van der Waals surface area contributed by atoms with Crippen molar-refractivity contribution in [1.29, 1.82) is 0 Å². The number of hydrogen-bond donors (Lipinski definition) is 4. The molecule has 0 unspecified atom stereocenters. The standard InChI is InChI=1S/C25H20N2O6S2/c1-12(24(30)31)5-3-6-13(2)34-22-20(26)18-16(28)9-10-17(29)19(18)21(27)23(22)35-15-8-4-7-14(11-15)25(32)33/h3-11H,2,26-27H2,1H3,(H,30,31)(H,32,33)/b6-3-,12-5+. The molecule has 0 heterocycles. The van der Waals surface area contributed by atoms with Gasteiger partial charge in [-0.25, -0.2) is 9.59 Å². The maximum Gasteiger partial charge on any atom is 0.335 e. The van der Waals surface area contributed by atoms with Crippen LogP contribution in [0.5, 0.6) is 0 Å². The van der Waals surface area contributed by atoms with E-state index >= 15 is 0 Å². The summed E-state index contributed by atoms with van der Waals surface area (Å²) in [5.74, 6) is -3.09. The minimum absolute atomic E-state index is 0.000432. The number of hydrogen-bond acceptors (Lipinski definition) is 8. The smallest absolute Gasteiger partial charge is 0.335 e. The van der Waals surface area contributed by atoms with E-state index in [1.165, 1.54) is 31.2 Å². The molecule has 0 saturated carbocycles. The number of aromatic carboxylic acids is 1. The number of carboxylic acid groups (broad SMARTS) is 2. The Hall–Kier alpha value is -4.02. The predicted molar refractivity (Wildman–Crippen MR) is 136 cm³/mol. The number of carbonyl (C=O) groups is 4. The van der Waals surface area contributed by atoms with Crippen LogP contribution in [0.3, 0.4) is 0 Å². The van der Waals surface area contributed by atoms with E-state index in [9.17, 15) is 24.3 Å². The van der Waals surface area contributed by atoms with Gasteiger partial charge in [0.15, 0.2) is 11.6 Å². The van der Waals surface area contributed by atoms with Crippen molar-refractivity contribution < 1.29 is 29.4 Å². The quantitative estimate of drug-likeness (QED) is 0.168. The highest BCUT2D eigenvalue weighted by molar-refractivity contribution is 8.05. The van der Waals surface area contributed by atoms with E-state index in [0.29, 0.717) is 19.6 Å². The molecule has 0 spiro atoms. The highest BCUT2D eigenvalue weighted by atomic mass is 32.2. The van der Waals surface area contributed by atoms with Crippen LogP contribution in [0, 0.1) is 0 Å². The predicted octanol–water partition coefficient (Wildman–Crippen LogP) is 4.83. The minimum atomic E-state index is -1.10. The summed E-state index contributed by atoms with van der Waals surface area (Å²) < 4.78 is 0. The van der Waals surface area contributed by atoms with Crippen LogP contribution in [0.1, 0.15) is 38.0 Å². The molecule has 35 heavy (non-hydrogen) atoms. The van der Waals surface area contributed by atoms with Gasteiger partial charge in [-0.3, -0.25) is 9.59 Å². The Morgan fingerprint density at radius 1 is 1.00 bits per heavy atom. The first-order valence-corrected chi connectivity index (χ1v) is 11.6. The number of aliphatic carboxylic acids is 1. The molecule has 0 fully saturated rings. The van der Waals surface area contributed by atoms with E-state index in [2.05, 4.69) is 6.58 Å². The molecule has 0 aromatic heterocycles. The Morgan fingerprint density at radius 2 is 1.60 bits per heavy atom. The van der Waals surface area contributed by atoms with Gasteiger partial charge in [-0.15, -0.1) is 0 Å². The number of carboxylic acids is 2. The summed E-state index contributed by atoms with van der Waals surface area (Å²) in [5, 5.41) is 18.3. The molecule has 6 N–H and O–H groups in total. The fourth-order valence-corrected chi connectivity index (χ4v) is 5.18. The van der Waals surface area contributed by atoms with Crippen LogP contribution in [0.4, 0.5) is 11.4 Å². The van der Waals surface area contributed by atoms with Crippen LogP contribution < -0.4 is 11.5 Å². The zero-order chi connectivity index (χ0) is 25.9. The number of anilines is 2. The van der Waals surface area contributed by atoms with Gasteiger partial charge in [0.25, 0.3) is 0 Å². The van der Waals surface area contributed by atoms with Gasteiger partial charge in [0, 0.05) is 15.4 Å². The van der Waals surface area contributed by atoms with Gasteiger partial charge < -0.3 is 21.7 Å². The van der Waals surface area contributed by atoms with Gasteiger partial charge in [0.1, 0.15) is 0 Å². The van der Waals surface area contributed by atoms with Crippen LogP contribution in [0.25, 0.3) is 0 Å². The number of nitrogens with two attached hydrogens (primary N) is 2. The van der Waals surface area contributed by atoms with E-state index in [-0.39, 0.29) is 33.6 Å². The van der Waals surface area contributed by atoms with Crippen molar-refractivity contribution >= 4 is 58.4 Å². The minimum Gasteiger partial charge on any atom is -0.478 e. The van der Waals surface area contributed by atoms with Gasteiger partial charge in [0.2, 0.25) is 0 Å². The third-order valence-electron chi connectivity index (χ3n) is 4.86. The first-order chi connectivity index (χ1) is 16.5. The molecular weight excluding hydrogens is 488 g/mol. The third kappa shape index (κ3) is 5.56. The van der Waals surface area contributed by atoms with Gasteiger partial charge in [-0.1, -0.05) is 48.3 Å². The number of nitrogen functional groups attached to an aromatic ring is 2. The second-order valence-electron chi connectivity index (χ2n) is 7.31. The zero-order valence-electron chi connectivity index (χ0n) is 18.4. The first kappa shape index (κ1) is 25.6. The summed E-state index contributed by atoms with van der Waals surface area (Å²) >= 11 is 2.19. The molecule has 0 atom stereocenters. The summed E-state index contributed by atoms with van der Waals surface area (Å²) in [7, 11) is 0. The van der Waals surface area contributed by atoms with Gasteiger partial charge >= 0.3 is 11.9 Å². The lowest BCUT2D eigenvalue weighted by molar-refractivity contribution is -0.132. The molecular formula is C25H20N2O6S2. The Balaban J connectivity index is 2.13. The lowest BCUT2D eigenvalue weighted by atomic mass is 9.92. The second kappa shape index (κ2) is 10.5. The van der Waals surface area contributed by atoms with Gasteiger partial charge in [0.05, 0.1) is 37.9 Å². The fraction of sp³-hybridized carbons (Fsp3) is 0.0400. The van der Waals surface area contributed by atoms with E-state index in [4.69, 9.17) is 16.6 Å². The van der Waals surface area contributed by atoms with Crippen molar-refractivity contribution in [1.82, 2.24) is 0 Å². The lowest BCUT2D eigenvalue weighted by Crippen LogP contribution is -2.18. The Morgan fingerprint density at radius 3 is 2.17 bits per heavy atom. The fourth-order valence-electron chi connectivity index (χ4n) is 3.12. The van der Waals surface area contributed by atoms with Crippen LogP contribution in [-0.2, 0) is 4.79 Å². The van der Waals surface area contributed by atoms with Crippen molar-refractivity contribution in [3.05, 3.63) is 88.4 Å². The summed E-state index contributed by atoms with van der Waals surface area (Å²) in [6, 6.07) is 6.16. The molecule has 2 aromatic carbocycles. The molecule has 0 bridgehead atoms. The molecule has 0 aliphatic heterocycles. The van der Waals surface area contributed by atoms with Gasteiger partial charge in [-0.2, -0.15) is 0 Å². The molecule has 178 valence electrons. The summed E-state index contributed by atoms with van der Waals surface area (Å²) in [5.41, 5.74) is 13.0. The highest BCUT2D eigenvalue weighted by Gasteiger charge is 2.30. The monoisotopic (exact) mass is 508 g/mol. The molecule has 0 radical (unpaired) electrons. The molecule has 10 heteroatoms. The van der Waals surface area contributed by atoms with Crippen molar-refractivity contribution in [2.24, 2.45) is 0 Å². The number of carbonyl (C=O) groups excluding carboxylic acids is 2. The van der Waals surface area contributed by atoms with E-state index < -0.39 is 23.5 Å². The van der Waals surface area contributed by atoms with E-state index in [0.717, 1.165) is 35.7 Å². The number of ketones is 2. The summed E-state index contributed by atoms with van der Waals surface area (Å²) in [6.07, 6.45) is 6.74. The van der Waals surface area contributed by atoms with Crippen molar-refractivity contribution in [3.63, 3.8) is 0 Å². The molecule has 0 saturated heterocycles. The number of rotatable bonds is 8. The molecule has 2 aromatic rings. The number of benzene rings is 2. The second-order valence-corrected chi connectivity index (χ2v) is 9.54. The number of allylic oxidation sites excluding steroid dienone is 5. The van der Waals surface area contributed by atoms with Crippen LogP contribution in [0.15, 0.2) is 86.4 Å². The third-order valence-corrected chi connectivity index (χ3v) is 7.14. The number of thioether (sulfide) groups is 1. The van der Waals surface area contributed by atoms with Crippen LogP contribution in [-0.4, -0.2) is 33.7 Å². The average molecular weight is 509 g/mol. The first-order valence-electron chi connectivity index (χ1n) is 9.99. The molecule has 0 amide bonds. The molecule has 8 nitrogen and oxygen atoms in total. The average Bonchev–Trinajstić information content (AvgIpc) is 2.81. The number of fused-ring (bicyclic) bond motifs is 1. The van der Waals surface area contributed by atoms with Crippen molar-refractivity contribution in [2.45, 2.75) is 21.6 Å². The van der Waals surface area contributed by atoms with Crippen LogP contribution in [0.2, 0.25) is 0 Å². The van der Waals surface area contributed by atoms with Crippen molar-refractivity contribution in [3.8, 4) is 0 Å². The maximum absolute atomic E-state index is 12.6. The Bertz CT molecular complexity index is 1390. The Labute approximate surface area is 209 Å². The Kier molecular flexibility index (Phi) is 7.68. The summed E-state index contributed by atoms with van der Waals surface area (Å²) in [6.45, 7) is 5.39. The maximum atomic E-state index is 12.6. The lowest BCUT2D eigenvalue weighted by Gasteiger charge is -2.22. The topological polar surface area (TPSA) is 161 Å². The SMILES string of the molecule is C=C(/C=C\C=C(/C)C(=O)O)Sc1c(N)c2c(c(N)c1Sc1cccc(C(=O)O)c1)C(=O)C=CC2=O. The largest absolute Gasteiger partial charge is 0.478 e. The molecule has 1 aliphatic carbocycles. The molecule has 3 rings (SSSR count). The van der Waals surface area contributed by atoms with Gasteiger partial charge in [-0.05, 0) is 43.4 Å². The molecule has 1 aliphatic rings. The summed E-state index contributed by atoms with van der Waals surface area (Å²) in [4.78, 5) is 49.3. The van der Waals surface area contributed by atoms with E-state index in [1.54, 1.807) is 18.2 Å². The normalized spacial score (nSPS) is 13.2. The van der Waals surface area contributed by atoms with Crippen molar-refractivity contribution in [2.75, 3.05) is 11.5 Å². The van der Waals surface area contributed by atoms with Crippen LogP contribution >= 0.6 is 23.5 Å². The highest BCUT2D eigenvalue weighted by Crippen LogP contribution is 2.49. The zero-order valence-corrected chi connectivity index (χ0v) is 20.0.